The first-order valence-corrected chi connectivity index (χ1v) is 12.7. The van der Waals surface area contributed by atoms with E-state index in [-0.39, 0.29) is 5.03 Å². The predicted molar refractivity (Wildman–Crippen MR) is 116 cm³/mol. The Kier molecular flexibility index (Phi) is 5.24. The summed E-state index contributed by atoms with van der Waals surface area (Å²) in [6, 6.07) is 11.9. The van der Waals surface area contributed by atoms with Gasteiger partial charge in [0.1, 0.15) is 0 Å². The summed E-state index contributed by atoms with van der Waals surface area (Å²) >= 11 is 0. The van der Waals surface area contributed by atoms with Gasteiger partial charge in [-0.1, -0.05) is 49.6 Å². The fourth-order valence-corrected chi connectivity index (χ4v) is 7.49. The number of imidazole rings is 1. The number of aromatic nitrogens is 2. The Morgan fingerprint density at radius 1 is 1.03 bits per heavy atom. The number of hydrogen-bond acceptors (Lipinski definition) is 4. The van der Waals surface area contributed by atoms with Crippen molar-refractivity contribution in [2.75, 3.05) is 19.6 Å². The Bertz CT molecular complexity index is 974. The van der Waals surface area contributed by atoms with Crippen molar-refractivity contribution >= 4 is 10.0 Å². The maximum atomic E-state index is 12.9. The molecule has 2 aromatic rings. The molecule has 3 aliphatic rings. The van der Waals surface area contributed by atoms with Crippen LogP contribution >= 0.6 is 0 Å². The number of nitrogens with zero attached hydrogens (tertiary/aromatic N) is 4. The van der Waals surface area contributed by atoms with E-state index in [0.29, 0.717) is 30.6 Å². The number of sulfonamides is 1. The van der Waals surface area contributed by atoms with Crippen LogP contribution in [0.2, 0.25) is 0 Å². The highest BCUT2D eigenvalue weighted by molar-refractivity contribution is 7.89. The van der Waals surface area contributed by atoms with Crippen LogP contribution in [-0.2, 0) is 17.1 Å². The van der Waals surface area contributed by atoms with E-state index < -0.39 is 10.0 Å². The SMILES string of the molecule is Cn1cnc(S(=O)(=O)N2CCC(N3CC4(CCCCC4)C3c3ccccc3)CC2)c1. The summed E-state index contributed by atoms with van der Waals surface area (Å²) in [5, 5.41) is 0.163. The lowest BCUT2D eigenvalue weighted by Gasteiger charge is -2.63. The average molecular weight is 429 g/mol. The molecule has 0 bridgehead atoms. The molecular weight excluding hydrogens is 396 g/mol. The van der Waals surface area contributed by atoms with Crippen LogP contribution in [0.4, 0.5) is 0 Å². The zero-order chi connectivity index (χ0) is 20.8. The normalized spacial score (nSPS) is 26.0. The molecule has 2 saturated heterocycles. The van der Waals surface area contributed by atoms with Crippen molar-refractivity contribution < 1.29 is 8.42 Å². The molecule has 1 saturated carbocycles. The van der Waals surface area contributed by atoms with Crippen LogP contribution in [0, 0.1) is 5.41 Å². The molecule has 30 heavy (non-hydrogen) atoms. The smallest absolute Gasteiger partial charge is 0.262 e. The second kappa shape index (κ2) is 7.77. The Hall–Kier alpha value is -1.70. The molecule has 1 spiro atoms. The zero-order valence-corrected chi connectivity index (χ0v) is 18.6. The van der Waals surface area contributed by atoms with Crippen molar-refractivity contribution in [3.8, 4) is 0 Å². The summed E-state index contributed by atoms with van der Waals surface area (Å²) in [4.78, 5) is 6.76. The Labute approximate surface area is 179 Å². The summed E-state index contributed by atoms with van der Waals surface area (Å²) in [7, 11) is -1.69. The molecule has 3 heterocycles. The fourth-order valence-electron chi connectivity index (χ4n) is 6.06. The molecule has 3 fully saturated rings. The van der Waals surface area contributed by atoms with E-state index in [0.717, 1.165) is 12.8 Å². The minimum Gasteiger partial charge on any atom is -0.339 e. The molecule has 2 aliphatic heterocycles. The molecule has 0 radical (unpaired) electrons. The number of likely N-dealkylation sites (tertiary alicyclic amines) is 1. The minimum atomic E-state index is -3.49. The molecule has 1 aliphatic carbocycles. The maximum absolute atomic E-state index is 12.9. The van der Waals surface area contributed by atoms with Gasteiger partial charge < -0.3 is 4.57 Å². The molecule has 162 valence electrons. The third-order valence-electron chi connectivity index (χ3n) is 7.55. The van der Waals surface area contributed by atoms with Crippen LogP contribution in [0.15, 0.2) is 47.9 Å². The average Bonchev–Trinajstić information content (AvgIpc) is 3.21. The Balaban J connectivity index is 1.31. The van der Waals surface area contributed by atoms with Gasteiger partial charge in [0.25, 0.3) is 10.0 Å². The van der Waals surface area contributed by atoms with Gasteiger partial charge in [0.05, 0.1) is 6.33 Å². The van der Waals surface area contributed by atoms with Gasteiger partial charge in [-0.25, -0.2) is 13.4 Å². The van der Waals surface area contributed by atoms with E-state index >= 15 is 0 Å². The summed E-state index contributed by atoms with van der Waals surface area (Å²) in [5.74, 6) is 0. The number of piperidine rings is 1. The highest BCUT2D eigenvalue weighted by Crippen LogP contribution is 2.58. The number of aryl methyl sites for hydroxylation is 1. The molecule has 1 aromatic carbocycles. The Morgan fingerprint density at radius 3 is 2.37 bits per heavy atom. The van der Waals surface area contributed by atoms with Crippen molar-refractivity contribution in [3.63, 3.8) is 0 Å². The van der Waals surface area contributed by atoms with Crippen LogP contribution in [0.3, 0.4) is 0 Å². The predicted octanol–water partition coefficient (Wildman–Crippen LogP) is 3.58. The lowest BCUT2D eigenvalue weighted by molar-refractivity contribution is -0.131. The number of hydrogen-bond donors (Lipinski definition) is 0. The summed E-state index contributed by atoms with van der Waals surface area (Å²) < 4.78 is 29.2. The molecule has 1 unspecified atom stereocenters. The second-order valence-electron chi connectivity index (χ2n) is 9.42. The van der Waals surface area contributed by atoms with Crippen LogP contribution in [0.5, 0.6) is 0 Å². The van der Waals surface area contributed by atoms with E-state index in [4.69, 9.17) is 0 Å². The zero-order valence-electron chi connectivity index (χ0n) is 17.8. The largest absolute Gasteiger partial charge is 0.339 e. The number of benzene rings is 1. The lowest BCUT2D eigenvalue weighted by atomic mass is 9.60. The molecule has 1 atom stereocenters. The molecule has 5 rings (SSSR count). The fraction of sp³-hybridized carbons (Fsp3) is 0.609. The van der Waals surface area contributed by atoms with Gasteiger partial charge in [-0.05, 0) is 31.2 Å². The van der Waals surface area contributed by atoms with Crippen molar-refractivity contribution in [2.45, 2.75) is 62.1 Å². The summed E-state index contributed by atoms with van der Waals surface area (Å²) in [5.41, 5.74) is 1.87. The van der Waals surface area contributed by atoms with E-state index in [1.165, 1.54) is 44.2 Å². The maximum Gasteiger partial charge on any atom is 0.262 e. The molecular formula is C23H32N4O2S. The van der Waals surface area contributed by atoms with Crippen molar-refractivity contribution in [1.82, 2.24) is 18.8 Å². The van der Waals surface area contributed by atoms with Gasteiger partial charge in [0.15, 0.2) is 5.03 Å². The third-order valence-corrected chi connectivity index (χ3v) is 9.34. The van der Waals surface area contributed by atoms with Gasteiger partial charge in [-0.3, -0.25) is 4.90 Å². The summed E-state index contributed by atoms with van der Waals surface area (Å²) in [6.07, 6.45) is 11.6. The third kappa shape index (κ3) is 3.41. The minimum absolute atomic E-state index is 0.163. The first-order chi connectivity index (χ1) is 14.5. The van der Waals surface area contributed by atoms with E-state index in [9.17, 15) is 8.42 Å². The van der Waals surface area contributed by atoms with Crippen molar-refractivity contribution in [2.24, 2.45) is 12.5 Å². The Morgan fingerprint density at radius 2 is 1.73 bits per heavy atom. The monoisotopic (exact) mass is 428 g/mol. The highest BCUT2D eigenvalue weighted by Gasteiger charge is 2.55. The first kappa shape index (κ1) is 20.2. The lowest BCUT2D eigenvalue weighted by Crippen LogP contribution is -2.63. The van der Waals surface area contributed by atoms with E-state index in [2.05, 4.69) is 40.2 Å². The van der Waals surface area contributed by atoms with Gasteiger partial charge in [-0.2, -0.15) is 4.31 Å². The van der Waals surface area contributed by atoms with Crippen LogP contribution in [0.25, 0.3) is 0 Å². The second-order valence-corrected chi connectivity index (χ2v) is 11.3. The molecule has 7 heteroatoms. The molecule has 0 amide bonds. The molecule has 6 nitrogen and oxygen atoms in total. The van der Waals surface area contributed by atoms with Gasteiger partial charge in [0, 0.05) is 50.4 Å². The topological polar surface area (TPSA) is 58.4 Å². The van der Waals surface area contributed by atoms with E-state index in [1.807, 2.05) is 0 Å². The van der Waals surface area contributed by atoms with Crippen LogP contribution < -0.4 is 0 Å². The van der Waals surface area contributed by atoms with Crippen molar-refractivity contribution in [1.29, 1.82) is 0 Å². The standard InChI is InChI=1S/C23H32N4O2S/c1-25-16-21(24-18-25)30(28,29)26-14-10-20(11-15-26)27-17-23(12-6-3-7-13-23)22(27)19-8-4-2-5-9-19/h2,4-5,8-9,16,18,20,22H,3,6-7,10-15,17H2,1H3. The number of rotatable bonds is 4. The molecule has 0 N–H and O–H groups in total. The van der Waals surface area contributed by atoms with Crippen LogP contribution in [-0.4, -0.2) is 52.9 Å². The quantitative estimate of drug-likeness (QED) is 0.747. The highest BCUT2D eigenvalue weighted by atomic mass is 32.2. The summed E-state index contributed by atoms with van der Waals surface area (Å²) in [6.45, 7) is 2.33. The van der Waals surface area contributed by atoms with Gasteiger partial charge >= 0.3 is 0 Å². The molecule has 1 aromatic heterocycles. The van der Waals surface area contributed by atoms with Gasteiger partial charge in [-0.15, -0.1) is 0 Å². The van der Waals surface area contributed by atoms with Crippen LogP contribution in [0.1, 0.15) is 56.6 Å². The van der Waals surface area contributed by atoms with E-state index in [1.54, 1.807) is 28.4 Å². The van der Waals surface area contributed by atoms with Crippen molar-refractivity contribution in [3.05, 3.63) is 48.4 Å². The first-order valence-electron chi connectivity index (χ1n) is 11.3. The van der Waals surface area contributed by atoms with Gasteiger partial charge in [0.2, 0.25) is 0 Å².